The summed E-state index contributed by atoms with van der Waals surface area (Å²) in [4.78, 5) is 25.1. The van der Waals surface area contributed by atoms with Gasteiger partial charge in [0.25, 0.3) is 0 Å². The number of rotatable bonds is 5. The molecule has 2 aromatic carbocycles. The number of benzene rings is 2. The number of halogens is 1. The number of carbonyl (C=O) groups excluding carboxylic acids is 1. The Bertz CT molecular complexity index is 986. The topological polar surface area (TPSA) is 56.0 Å². The molecule has 1 N–H and O–H groups in total. The normalized spacial score (nSPS) is 12.5. The molecular weight excluding hydrogens is 333 g/mol. The Balaban J connectivity index is 1.85. The highest BCUT2D eigenvalue weighted by molar-refractivity contribution is 5.81. The number of carbonyl (C=O) groups is 1. The standard InChI is InChI=1S/C20H22FN3O2/c1-13(2)19(14-8-10-15(21)11-9-14)22-18(25)12-24-17-7-5-4-6-16(17)23(3)20(24)26/h4-11,13,19H,12H2,1-3H3,(H,22,25). The first-order valence-electron chi connectivity index (χ1n) is 8.57. The van der Waals surface area contributed by atoms with Crippen LogP contribution in [0.25, 0.3) is 11.0 Å². The fourth-order valence-corrected chi connectivity index (χ4v) is 3.18. The molecule has 0 spiro atoms. The summed E-state index contributed by atoms with van der Waals surface area (Å²) in [5.41, 5.74) is 2.10. The van der Waals surface area contributed by atoms with E-state index >= 15 is 0 Å². The van der Waals surface area contributed by atoms with Crippen LogP contribution in [-0.2, 0) is 18.4 Å². The number of fused-ring (bicyclic) bond motifs is 1. The molecule has 136 valence electrons. The molecule has 0 fully saturated rings. The van der Waals surface area contributed by atoms with Crippen molar-refractivity contribution in [2.24, 2.45) is 13.0 Å². The molecule has 0 saturated heterocycles. The monoisotopic (exact) mass is 355 g/mol. The van der Waals surface area contributed by atoms with Gasteiger partial charge in [-0.3, -0.25) is 13.9 Å². The fourth-order valence-electron chi connectivity index (χ4n) is 3.18. The number of aromatic nitrogens is 2. The minimum atomic E-state index is -0.315. The van der Waals surface area contributed by atoms with E-state index in [0.29, 0.717) is 0 Å². The first-order valence-corrected chi connectivity index (χ1v) is 8.57. The lowest BCUT2D eigenvalue weighted by molar-refractivity contribution is -0.122. The number of hydrogen-bond acceptors (Lipinski definition) is 2. The van der Waals surface area contributed by atoms with Crippen LogP contribution in [0.1, 0.15) is 25.5 Å². The van der Waals surface area contributed by atoms with Crippen LogP contribution in [0.2, 0.25) is 0 Å². The summed E-state index contributed by atoms with van der Waals surface area (Å²) in [5, 5.41) is 2.97. The summed E-state index contributed by atoms with van der Waals surface area (Å²) >= 11 is 0. The minimum absolute atomic E-state index is 0.0649. The van der Waals surface area contributed by atoms with Gasteiger partial charge in [-0.15, -0.1) is 0 Å². The van der Waals surface area contributed by atoms with Gasteiger partial charge < -0.3 is 5.32 Å². The average molecular weight is 355 g/mol. The van der Waals surface area contributed by atoms with E-state index in [4.69, 9.17) is 0 Å². The van der Waals surface area contributed by atoms with Crippen molar-refractivity contribution in [2.75, 3.05) is 0 Å². The Kier molecular flexibility index (Phi) is 4.93. The third kappa shape index (κ3) is 3.40. The van der Waals surface area contributed by atoms with E-state index in [1.165, 1.54) is 21.3 Å². The predicted molar refractivity (Wildman–Crippen MR) is 99.3 cm³/mol. The molecule has 1 unspecified atom stereocenters. The first kappa shape index (κ1) is 17.9. The van der Waals surface area contributed by atoms with Crippen molar-refractivity contribution in [3.63, 3.8) is 0 Å². The van der Waals surface area contributed by atoms with Gasteiger partial charge in [-0.25, -0.2) is 9.18 Å². The lowest BCUT2D eigenvalue weighted by atomic mass is 9.96. The van der Waals surface area contributed by atoms with E-state index in [2.05, 4.69) is 5.32 Å². The molecule has 1 atom stereocenters. The predicted octanol–water partition coefficient (Wildman–Crippen LogP) is 2.99. The van der Waals surface area contributed by atoms with Crippen molar-refractivity contribution < 1.29 is 9.18 Å². The highest BCUT2D eigenvalue weighted by Crippen LogP contribution is 2.22. The second-order valence-electron chi connectivity index (χ2n) is 6.76. The van der Waals surface area contributed by atoms with Crippen molar-refractivity contribution >= 4 is 16.9 Å². The molecule has 0 aliphatic carbocycles. The Hall–Kier alpha value is -2.89. The van der Waals surface area contributed by atoms with Crippen LogP contribution >= 0.6 is 0 Å². The van der Waals surface area contributed by atoms with Gasteiger partial charge in [-0.05, 0) is 35.7 Å². The molecule has 0 bridgehead atoms. The number of nitrogens with zero attached hydrogens (tertiary/aromatic N) is 2. The maximum absolute atomic E-state index is 13.2. The first-order chi connectivity index (χ1) is 12.4. The van der Waals surface area contributed by atoms with Crippen LogP contribution < -0.4 is 11.0 Å². The van der Waals surface area contributed by atoms with E-state index < -0.39 is 0 Å². The quantitative estimate of drug-likeness (QED) is 0.765. The van der Waals surface area contributed by atoms with Crippen LogP contribution in [0.5, 0.6) is 0 Å². The lowest BCUT2D eigenvalue weighted by Crippen LogP contribution is -2.36. The van der Waals surface area contributed by atoms with Gasteiger partial charge in [-0.2, -0.15) is 0 Å². The van der Waals surface area contributed by atoms with Gasteiger partial charge in [-0.1, -0.05) is 38.1 Å². The number of aryl methyl sites for hydroxylation is 1. The van der Waals surface area contributed by atoms with E-state index in [0.717, 1.165) is 16.6 Å². The molecule has 0 radical (unpaired) electrons. The number of amides is 1. The molecule has 6 heteroatoms. The molecule has 3 aromatic rings. The molecule has 0 saturated carbocycles. The minimum Gasteiger partial charge on any atom is -0.347 e. The molecular formula is C20H22FN3O2. The Morgan fingerprint density at radius 1 is 1.08 bits per heavy atom. The highest BCUT2D eigenvalue weighted by atomic mass is 19.1. The van der Waals surface area contributed by atoms with Crippen molar-refractivity contribution in [3.8, 4) is 0 Å². The number of hydrogen-bond donors (Lipinski definition) is 1. The fraction of sp³-hybridized carbons (Fsp3) is 0.300. The molecule has 0 aliphatic heterocycles. The summed E-state index contributed by atoms with van der Waals surface area (Å²) in [5.74, 6) is -0.454. The highest BCUT2D eigenvalue weighted by Gasteiger charge is 2.20. The van der Waals surface area contributed by atoms with Gasteiger partial charge in [0.05, 0.1) is 17.1 Å². The van der Waals surface area contributed by atoms with Crippen molar-refractivity contribution in [3.05, 3.63) is 70.4 Å². The van der Waals surface area contributed by atoms with Crippen molar-refractivity contribution in [1.82, 2.24) is 14.5 Å². The van der Waals surface area contributed by atoms with Crippen LogP contribution in [0.4, 0.5) is 4.39 Å². The molecule has 1 amide bonds. The SMILES string of the molecule is CC(C)C(NC(=O)Cn1c(=O)n(C)c2ccccc21)c1ccc(F)cc1. The van der Waals surface area contributed by atoms with Crippen molar-refractivity contribution in [1.29, 1.82) is 0 Å². The van der Waals surface area contributed by atoms with Gasteiger partial charge >= 0.3 is 5.69 Å². The van der Waals surface area contributed by atoms with Gasteiger partial charge in [0.15, 0.2) is 0 Å². The van der Waals surface area contributed by atoms with Gasteiger partial charge in [0.2, 0.25) is 5.91 Å². The van der Waals surface area contributed by atoms with Gasteiger partial charge in [0, 0.05) is 7.05 Å². The van der Waals surface area contributed by atoms with E-state index in [1.54, 1.807) is 19.2 Å². The molecule has 0 aliphatic rings. The zero-order valence-electron chi connectivity index (χ0n) is 15.1. The smallest absolute Gasteiger partial charge is 0.329 e. The second kappa shape index (κ2) is 7.15. The summed E-state index contributed by atoms with van der Waals surface area (Å²) in [6, 6.07) is 13.2. The number of imidazole rings is 1. The lowest BCUT2D eigenvalue weighted by Gasteiger charge is -2.23. The van der Waals surface area contributed by atoms with Crippen LogP contribution in [0, 0.1) is 11.7 Å². The maximum Gasteiger partial charge on any atom is 0.329 e. The molecule has 1 heterocycles. The largest absolute Gasteiger partial charge is 0.347 e. The summed E-state index contributed by atoms with van der Waals surface area (Å²) in [6.45, 7) is 3.90. The third-order valence-electron chi connectivity index (χ3n) is 4.57. The third-order valence-corrected chi connectivity index (χ3v) is 4.57. The Morgan fingerprint density at radius 3 is 2.31 bits per heavy atom. The van der Waals surface area contributed by atoms with E-state index in [9.17, 15) is 14.0 Å². The number of para-hydroxylation sites is 2. The van der Waals surface area contributed by atoms with E-state index in [1.807, 2.05) is 38.1 Å². The molecule has 5 nitrogen and oxygen atoms in total. The zero-order chi connectivity index (χ0) is 18.8. The Morgan fingerprint density at radius 2 is 1.69 bits per heavy atom. The second-order valence-corrected chi connectivity index (χ2v) is 6.76. The maximum atomic E-state index is 13.2. The summed E-state index contributed by atoms with van der Waals surface area (Å²) in [6.07, 6.45) is 0. The molecule has 26 heavy (non-hydrogen) atoms. The van der Waals surface area contributed by atoms with Gasteiger partial charge in [0.1, 0.15) is 12.4 Å². The Labute approximate surface area is 151 Å². The van der Waals surface area contributed by atoms with Crippen LogP contribution in [-0.4, -0.2) is 15.0 Å². The van der Waals surface area contributed by atoms with E-state index in [-0.39, 0.29) is 35.9 Å². The number of nitrogens with one attached hydrogen (secondary N) is 1. The van der Waals surface area contributed by atoms with Crippen LogP contribution in [0.3, 0.4) is 0 Å². The molecule has 1 aromatic heterocycles. The van der Waals surface area contributed by atoms with Crippen molar-refractivity contribution in [2.45, 2.75) is 26.4 Å². The van der Waals surface area contributed by atoms with Crippen LogP contribution in [0.15, 0.2) is 53.3 Å². The molecule has 3 rings (SSSR count). The summed E-state index contributed by atoms with van der Waals surface area (Å²) < 4.78 is 16.2. The summed E-state index contributed by atoms with van der Waals surface area (Å²) in [7, 11) is 1.69. The zero-order valence-corrected chi connectivity index (χ0v) is 15.1. The average Bonchev–Trinajstić information content (AvgIpc) is 2.86.